The van der Waals surface area contributed by atoms with Crippen LogP contribution in [0.1, 0.15) is 0 Å². The molecule has 0 unspecified atom stereocenters. The molecule has 0 aromatic rings. The lowest BCUT2D eigenvalue weighted by Gasteiger charge is -2.20. The number of rotatable bonds is 3. The van der Waals surface area contributed by atoms with Crippen LogP contribution in [0, 0.1) is 0 Å². The molecule has 0 fully saturated rings. The molecule has 0 aliphatic rings. The van der Waals surface area contributed by atoms with Crippen LogP contribution in [0.3, 0.4) is 0 Å². The van der Waals surface area contributed by atoms with Gasteiger partial charge in [-0.25, -0.2) is 0 Å². The van der Waals surface area contributed by atoms with Crippen LogP contribution in [0.25, 0.3) is 0 Å². The number of nitrogens with two attached hydrogens (primary N) is 1. The van der Waals surface area contributed by atoms with E-state index in [0.29, 0.717) is 0 Å². The largest absolute Gasteiger partial charge is 0.412 e. The first-order chi connectivity index (χ1) is 3.68. The second-order valence-corrected chi connectivity index (χ2v) is 1.84. The van der Waals surface area contributed by atoms with Gasteiger partial charge in [-0.3, -0.25) is 0 Å². The van der Waals surface area contributed by atoms with Gasteiger partial charge >= 0.3 is 0 Å². The molecule has 6 heteroatoms. The minimum Gasteiger partial charge on any atom is -0.412 e. The molecular formula is C4H15NO5. The Balaban J connectivity index is -0.000000245. The van der Waals surface area contributed by atoms with E-state index < -0.39 is 25.4 Å². The summed E-state index contributed by atoms with van der Waals surface area (Å²) in [6.07, 6.45) is 0. The molecular weight excluding hydrogens is 142 g/mol. The molecule has 0 aliphatic heterocycles. The topological polar surface area (TPSA) is 150 Å². The lowest BCUT2D eigenvalue weighted by atomic mass is 10.1. The van der Waals surface area contributed by atoms with Crippen molar-refractivity contribution in [3.63, 3.8) is 0 Å². The summed E-state index contributed by atoms with van der Waals surface area (Å²) < 4.78 is 0. The lowest BCUT2D eigenvalue weighted by Crippen LogP contribution is -2.50. The summed E-state index contributed by atoms with van der Waals surface area (Å²) in [5.74, 6) is 0. The molecule has 10 heavy (non-hydrogen) atoms. The predicted octanol–water partition coefficient (Wildman–Crippen LogP) is -3.99. The van der Waals surface area contributed by atoms with Crippen LogP contribution in [0.15, 0.2) is 0 Å². The van der Waals surface area contributed by atoms with E-state index in [0.717, 1.165) is 0 Å². The average molecular weight is 157 g/mol. The van der Waals surface area contributed by atoms with Crippen molar-refractivity contribution in [1.29, 1.82) is 0 Å². The smallest absolute Gasteiger partial charge is 0.0856 e. The minimum absolute atomic E-state index is 0. The van der Waals surface area contributed by atoms with E-state index >= 15 is 0 Å². The lowest BCUT2D eigenvalue weighted by molar-refractivity contribution is 0.0698. The molecule has 0 aromatic heterocycles. The van der Waals surface area contributed by atoms with Crippen molar-refractivity contribution in [2.24, 2.45) is 5.73 Å². The Morgan fingerprint density at radius 2 is 1.10 bits per heavy atom. The molecule has 66 valence electrons. The zero-order valence-corrected chi connectivity index (χ0v) is 5.54. The van der Waals surface area contributed by atoms with Gasteiger partial charge in [0.05, 0.1) is 25.4 Å². The molecule has 0 spiro atoms. The normalized spacial score (nSPS) is 9.60. The molecule has 0 aliphatic carbocycles. The maximum Gasteiger partial charge on any atom is 0.0856 e. The quantitative estimate of drug-likeness (QED) is 0.330. The first-order valence-corrected chi connectivity index (χ1v) is 2.30. The van der Waals surface area contributed by atoms with Crippen molar-refractivity contribution < 1.29 is 26.3 Å². The Bertz CT molecular complexity index is 56.4. The fraction of sp³-hybridized carbons (Fsp3) is 1.00. The molecule has 0 heterocycles. The van der Waals surface area contributed by atoms with Crippen molar-refractivity contribution in [1.82, 2.24) is 0 Å². The highest BCUT2D eigenvalue weighted by Gasteiger charge is 2.20. The molecule has 0 saturated heterocycles. The van der Waals surface area contributed by atoms with Crippen LogP contribution in [-0.4, -0.2) is 51.6 Å². The standard InChI is InChI=1S/C4H11NO3.2H2O/c5-4(1-6,2-7)3-8;;/h6-8H,1-3,5H2;2*1H2. The Kier molecular flexibility index (Phi) is 11.3. The minimum atomic E-state index is -1.21. The zero-order valence-electron chi connectivity index (χ0n) is 5.54. The van der Waals surface area contributed by atoms with Gasteiger partial charge in [-0.1, -0.05) is 0 Å². The molecule has 9 N–H and O–H groups in total. The molecule has 0 atom stereocenters. The van der Waals surface area contributed by atoms with E-state index in [1.165, 1.54) is 0 Å². The van der Waals surface area contributed by atoms with E-state index in [1.807, 2.05) is 0 Å². The number of aliphatic hydroxyl groups excluding tert-OH is 3. The molecule has 0 radical (unpaired) electrons. The third-order valence-corrected chi connectivity index (χ3v) is 0.945. The maximum atomic E-state index is 8.34. The number of hydrogen-bond donors (Lipinski definition) is 4. The van der Waals surface area contributed by atoms with Gasteiger partial charge < -0.3 is 32.0 Å². The first-order valence-electron chi connectivity index (χ1n) is 2.30. The van der Waals surface area contributed by atoms with Gasteiger partial charge in [0.2, 0.25) is 0 Å². The van der Waals surface area contributed by atoms with Crippen LogP contribution in [0.2, 0.25) is 0 Å². The summed E-state index contributed by atoms with van der Waals surface area (Å²) in [6.45, 7) is -1.21. The molecule has 0 saturated carbocycles. The van der Waals surface area contributed by atoms with E-state index in [9.17, 15) is 0 Å². The predicted molar refractivity (Wildman–Crippen MR) is 35.4 cm³/mol. The van der Waals surface area contributed by atoms with Gasteiger partial charge in [0.15, 0.2) is 0 Å². The third-order valence-electron chi connectivity index (χ3n) is 0.945. The van der Waals surface area contributed by atoms with Gasteiger partial charge in [0.1, 0.15) is 0 Å². The van der Waals surface area contributed by atoms with Gasteiger partial charge in [0, 0.05) is 0 Å². The average Bonchev–Trinajstić information content (AvgIpc) is 1.87. The highest BCUT2D eigenvalue weighted by molar-refractivity contribution is 4.80. The van der Waals surface area contributed by atoms with Crippen LogP contribution < -0.4 is 5.73 Å². The second-order valence-electron chi connectivity index (χ2n) is 1.84. The Morgan fingerprint density at radius 3 is 1.10 bits per heavy atom. The number of aliphatic hydroxyl groups is 3. The Labute approximate surface area is 58.5 Å². The van der Waals surface area contributed by atoms with E-state index in [1.54, 1.807) is 0 Å². The fourth-order valence-electron chi connectivity index (χ4n) is 0.150. The van der Waals surface area contributed by atoms with E-state index in [2.05, 4.69) is 0 Å². The molecule has 0 amide bonds. The van der Waals surface area contributed by atoms with Crippen molar-refractivity contribution in [3.8, 4) is 0 Å². The van der Waals surface area contributed by atoms with Gasteiger partial charge in [-0.05, 0) is 0 Å². The van der Waals surface area contributed by atoms with Gasteiger partial charge in [-0.2, -0.15) is 0 Å². The monoisotopic (exact) mass is 157 g/mol. The SMILES string of the molecule is NC(CO)(CO)CO.O.O. The van der Waals surface area contributed by atoms with Crippen LogP contribution in [-0.2, 0) is 0 Å². The summed E-state index contributed by atoms with van der Waals surface area (Å²) in [6, 6.07) is 0. The van der Waals surface area contributed by atoms with Crippen molar-refractivity contribution in [2.45, 2.75) is 5.54 Å². The zero-order chi connectivity index (χ0) is 6.62. The molecule has 0 rings (SSSR count). The summed E-state index contributed by atoms with van der Waals surface area (Å²) in [5, 5.41) is 25.0. The van der Waals surface area contributed by atoms with Crippen LogP contribution in [0.4, 0.5) is 0 Å². The molecule has 0 bridgehead atoms. The highest BCUT2D eigenvalue weighted by Crippen LogP contribution is 1.93. The van der Waals surface area contributed by atoms with Crippen molar-refractivity contribution in [2.75, 3.05) is 19.8 Å². The van der Waals surface area contributed by atoms with Crippen molar-refractivity contribution >= 4 is 0 Å². The summed E-state index contributed by atoms with van der Waals surface area (Å²) in [5.41, 5.74) is 3.94. The van der Waals surface area contributed by atoms with E-state index in [-0.39, 0.29) is 11.0 Å². The number of hydrogen-bond acceptors (Lipinski definition) is 4. The fourth-order valence-corrected chi connectivity index (χ4v) is 0.150. The van der Waals surface area contributed by atoms with Crippen LogP contribution >= 0.6 is 0 Å². The van der Waals surface area contributed by atoms with Crippen molar-refractivity contribution in [3.05, 3.63) is 0 Å². The summed E-state index contributed by atoms with van der Waals surface area (Å²) in [4.78, 5) is 0. The second kappa shape index (κ2) is 6.87. The molecule has 0 aromatic carbocycles. The van der Waals surface area contributed by atoms with Crippen LogP contribution in [0.5, 0.6) is 0 Å². The Morgan fingerprint density at radius 1 is 0.900 bits per heavy atom. The third kappa shape index (κ3) is 4.62. The summed E-state index contributed by atoms with van der Waals surface area (Å²) >= 11 is 0. The Hall–Kier alpha value is -0.240. The first kappa shape index (κ1) is 16.4. The highest BCUT2D eigenvalue weighted by atomic mass is 16.3. The van der Waals surface area contributed by atoms with E-state index in [4.69, 9.17) is 21.1 Å². The molecule has 6 nitrogen and oxygen atoms in total. The van der Waals surface area contributed by atoms with Gasteiger partial charge in [0.25, 0.3) is 0 Å². The summed E-state index contributed by atoms with van der Waals surface area (Å²) in [7, 11) is 0. The maximum absolute atomic E-state index is 8.34. The van der Waals surface area contributed by atoms with Gasteiger partial charge in [-0.15, -0.1) is 0 Å².